The first-order chi connectivity index (χ1) is 8.27. The van der Waals surface area contributed by atoms with Gasteiger partial charge in [-0.3, -0.25) is 4.79 Å². The summed E-state index contributed by atoms with van der Waals surface area (Å²) in [5, 5.41) is 9.76. The van der Waals surface area contributed by atoms with Crippen LogP contribution >= 0.6 is 0 Å². The fourth-order valence-electron chi connectivity index (χ4n) is 1.60. The molecule has 1 heterocycles. The fraction of sp³-hybridized carbons (Fsp3) is 0.583. The zero-order valence-corrected chi connectivity index (χ0v) is 10.2. The number of alkyl halides is 3. The summed E-state index contributed by atoms with van der Waals surface area (Å²) in [4.78, 5) is 11.5. The third-order valence-corrected chi connectivity index (χ3v) is 3.01. The number of aromatic nitrogens is 1. The molecule has 0 aliphatic rings. The first-order valence-electron chi connectivity index (χ1n) is 5.72. The van der Waals surface area contributed by atoms with E-state index in [1.807, 2.05) is 6.92 Å². The summed E-state index contributed by atoms with van der Waals surface area (Å²) in [7, 11) is 0. The molecule has 3 nitrogen and oxygen atoms in total. The Morgan fingerprint density at radius 2 is 2.00 bits per heavy atom. The predicted molar refractivity (Wildman–Crippen MR) is 61.2 cm³/mol. The molecule has 0 amide bonds. The fourth-order valence-corrected chi connectivity index (χ4v) is 1.60. The summed E-state index contributed by atoms with van der Waals surface area (Å²) in [5.41, 5.74) is -1.79. The van der Waals surface area contributed by atoms with Crippen LogP contribution in [0.25, 0.3) is 0 Å². The largest absolute Gasteiger partial charge is 0.431 e. The minimum absolute atomic E-state index is 0.168. The number of hydrogen-bond acceptors (Lipinski definition) is 2. The lowest BCUT2D eigenvalue weighted by Crippen LogP contribution is -2.34. The number of rotatable bonds is 4. The summed E-state index contributed by atoms with van der Waals surface area (Å²) in [6.07, 6.45) is -4.95. The van der Waals surface area contributed by atoms with Crippen LogP contribution in [0.1, 0.15) is 26.0 Å². The maximum absolute atomic E-state index is 12.7. The van der Waals surface area contributed by atoms with Gasteiger partial charge in [0.05, 0.1) is 12.6 Å². The van der Waals surface area contributed by atoms with E-state index in [0.717, 1.165) is 18.2 Å². The topological polar surface area (TPSA) is 42.2 Å². The van der Waals surface area contributed by atoms with Crippen molar-refractivity contribution in [3.05, 3.63) is 34.2 Å². The van der Waals surface area contributed by atoms with Gasteiger partial charge < -0.3 is 9.67 Å². The van der Waals surface area contributed by atoms with Crippen LogP contribution in [0, 0.1) is 5.92 Å². The second-order valence-corrected chi connectivity index (χ2v) is 4.31. The number of pyridine rings is 1. The van der Waals surface area contributed by atoms with E-state index in [9.17, 15) is 23.1 Å². The summed E-state index contributed by atoms with van der Waals surface area (Å²) in [5.74, 6) is -0.168. The molecule has 6 heteroatoms. The van der Waals surface area contributed by atoms with Gasteiger partial charge in [0.25, 0.3) is 5.56 Å². The zero-order chi connectivity index (χ0) is 13.9. The van der Waals surface area contributed by atoms with Crippen molar-refractivity contribution in [2.75, 3.05) is 0 Å². The van der Waals surface area contributed by atoms with E-state index < -0.39 is 23.5 Å². The van der Waals surface area contributed by atoms with Gasteiger partial charge in [0, 0.05) is 6.07 Å². The molecule has 102 valence electrons. The molecule has 1 rings (SSSR count). The van der Waals surface area contributed by atoms with Gasteiger partial charge in [0.15, 0.2) is 0 Å². The van der Waals surface area contributed by atoms with Crippen LogP contribution in [0.3, 0.4) is 0 Å². The van der Waals surface area contributed by atoms with Gasteiger partial charge in [-0.2, -0.15) is 13.2 Å². The molecule has 1 aromatic heterocycles. The van der Waals surface area contributed by atoms with Crippen molar-refractivity contribution in [2.24, 2.45) is 5.92 Å². The van der Waals surface area contributed by atoms with Crippen LogP contribution < -0.4 is 5.56 Å². The Morgan fingerprint density at radius 1 is 1.39 bits per heavy atom. The quantitative estimate of drug-likeness (QED) is 0.905. The maximum atomic E-state index is 12.7. The van der Waals surface area contributed by atoms with Crippen LogP contribution in [-0.4, -0.2) is 15.8 Å². The summed E-state index contributed by atoms with van der Waals surface area (Å²) in [6, 6.07) is 2.96. The highest BCUT2D eigenvalue weighted by Gasteiger charge is 2.34. The Morgan fingerprint density at radius 3 is 2.50 bits per heavy atom. The molecule has 0 saturated heterocycles. The SMILES string of the molecule is CCC(C)C(O)Cn1c(C(F)(F)F)cccc1=O. The van der Waals surface area contributed by atoms with Gasteiger partial charge in [-0.1, -0.05) is 26.3 Å². The molecule has 0 aromatic carbocycles. The molecular formula is C12H16F3NO2. The Labute approximate surface area is 103 Å². The Balaban J connectivity index is 3.12. The third kappa shape index (κ3) is 3.35. The van der Waals surface area contributed by atoms with Crippen molar-refractivity contribution >= 4 is 0 Å². The van der Waals surface area contributed by atoms with Crippen molar-refractivity contribution < 1.29 is 18.3 Å². The molecule has 0 aliphatic carbocycles. The number of aliphatic hydroxyl groups is 1. The van der Waals surface area contributed by atoms with Crippen molar-refractivity contribution in [3.8, 4) is 0 Å². The normalized spacial score (nSPS) is 15.4. The van der Waals surface area contributed by atoms with E-state index in [1.165, 1.54) is 0 Å². The number of halogens is 3. The van der Waals surface area contributed by atoms with Crippen LogP contribution in [0.4, 0.5) is 13.2 Å². The van der Waals surface area contributed by atoms with E-state index in [4.69, 9.17) is 0 Å². The molecule has 0 fully saturated rings. The Hall–Kier alpha value is -1.30. The van der Waals surface area contributed by atoms with Gasteiger partial charge in [0.1, 0.15) is 5.69 Å². The highest BCUT2D eigenvalue weighted by Crippen LogP contribution is 2.28. The smallest absolute Gasteiger partial charge is 0.391 e. The van der Waals surface area contributed by atoms with E-state index >= 15 is 0 Å². The molecule has 18 heavy (non-hydrogen) atoms. The second kappa shape index (κ2) is 5.56. The van der Waals surface area contributed by atoms with Crippen molar-refractivity contribution in [1.29, 1.82) is 0 Å². The molecule has 0 spiro atoms. The van der Waals surface area contributed by atoms with Gasteiger partial charge in [0.2, 0.25) is 0 Å². The average molecular weight is 263 g/mol. The standard InChI is InChI=1S/C12H16F3NO2/c1-3-8(2)9(17)7-16-10(12(13,14)15)5-4-6-11(16)18/h4-6,8-9,17H,3,7H2,1-2H3. The van der Waals surface area contributed by atoms with Gasteiger partial charge in [-0.15, -0.1) is 0 Å². The number of aliphatic hydroxyl groups excluding tert-OH is 1. The minimum atomic E-state index is -4.60. The summed E-state index contributed by atoms with van der Waals surface area (Å²) >= 11 is 0. The van der Waals surface area contributed by atoms with Gasteiger partial charge in [-0.05, 0) is 12.0 Å². The van der Waals surface area contributed by atoms with E-state index in [0.29, 0.717) is 11.0 Å². The van der Waals surface area contributed by atoms with Crippen molar-refractivity contribution in [2.45, 2.75) is 39.1 Å². The molecule has 2 atom stereocenters. The van der Waals surface area contributed by atoms with Crippen molar-refractivity contribution in [3.63, 3.8) is 0 Å². The monoisotopic (exact) mass is 263 g/mol. The third-order valence-electron chi connectivity index (χ3n) is 3.01. The second-order valence-electron chi connectivity index (χ2n) is 4.31. The van der Waals surface area contributed by atoms with E-state index in [2.05, 4.69) is 0 Å². The summed E-state index contributed by atoms with van der Waals surface area (Å²) in [6.45, 7) is 3.21. The Bertz CT molecular complexity index is 453. The van der Waals surface area contributed by atoms with Crippen LogP contribution in [0.15, 0.2) is 23.0 Å². The first-order valence-corrected chi connectivity index (χ1v) is 5.72. The van der Waals surface area contributed by atoms with E-state index in [1.54, 1.807) is 6.92 Å². The van der Waals surface area contributed by atoms with Crippen LogP contribution in [0.5, 0.6) is 0 Å². The predicted octanol–water partition coefficient (Wildman–Crippen LogP) is 2.27. The Kier molecular flexibility index (Phi) is 4.56. The zero-order valence-electron chi connectivity index (χ0n) is 10.2. The molecule has 1 aromatic rings. The molecule has 0 aliphatic heterocycles. The molecule has 0 saturated carbocycles. The maximum Gasteiger partial charge on any atom is 0.431 e. The highest BCUT2D eigenvalue weighted by atomic mass is 19.4. The van der Waals surface area contributed by atoms with Crippen LogP contribution in [0.2, 0.25) is 0 Å². The first kappa shape index (κ1) is 14.8. The summed E-state index contributed by atoms with van der Waals surface area (Å²) < 4.78 is 38.7. The average Bonchev–Trinajstić information content (AvgIpc) is 2.29. The highest BCUT2D eigenvalue weighted by molar-refractivity contribution is 5.10. The van der Waals surface area contributed by atoms with Crippen LogP contribution in [-0.2, 0) is 12.7 Å². The lowest BCUT2D eigenvalue weighted by atomic mass is 10.0. The molecule has 1 N–H and O–H groups in total. The molecule has 0 radical (unpaired) electrons. The molecule has 2 unspecified atom stereocenters. The lowest BCUT2D eigenvalue weighted by molar-refractivity contribution is -0.145. The van der Waals surface area contributed by atoms with Gasteiger partial charge in [-0.25, -0.2) is 0 Å². The number of nitrogens with zero attached hydrogens (tertiary/aromatic N) is 1. The van der Waals surface area contributed by atoms with Gasteiger partial charge >= 0.3 is 6.18 Å². The number of hydrogen-bond donors (Lipinski definition) is 1. The van der Waals surface area contributed by atoms with Crippen molar-refractivity contribution in [1.82, 2.24) is 4.57 Å². The minimum Gasteiger partial charge on any atom is -0.391 e. The van der Waals surface area contributed by atoms with E-state index in [-0.39, 0.29) is 12.5 Å². The molecule has 0 bridgehead atoms. The molecular weight excluding hydrogens is 247 g/mol. The lowest BCUT2D eigenvalue weighted by Gasteiger charge is -2.21.